The number of hydrogen-bond acceptors (Lipinski definition) is 0. The molecule has 17 heavy (non-hydrogen) atoms. The maximum atomic E-state index is 13.2. The predicted molar refractivity (Wildman–Crippen MR) is 78.7 cm³/mol. The molecule has 0 nitrogen and oxygen atoms in total. The summed E-state index contributed by atoms with van der Waals surface area (Å²) in [6, 6.07) is 11.0. The first-order chi connectivity index (χ1) is 8.08. The zero-order valence-electron chi connectivity index (χ0n) is 8.68. The van der Waals surface area contributed by atoms with Gasteiger partial charge in [0.1, 0.15) is 5.82 Å². The summed E-state index contributed by atoms with van der Waals surface area (Å²) in [5.41, 5.74) is 2.21. The van der Waals surface area contributed by atoms with Gasteiger partial charge in [-0.25, -0.2) is 4.39 Å². The van der Waals surface area contributed by atoms with E-state index in [-0.39, 0.29) is 5.82 Å². The molecule has 0 amide bonds. The van der Waals surface area contributed by atoms with Crippen molar-refractivity contribution in [3.8, 4) is 0 Å². The molecule has 0 unspecified atom stereocenters. The fraction of sp³-hybridized carbons (Fsp3) is 0.0769. The highest BCUT2D eigenvalue weighted by Crippen LogP contribution is 2.30. The van der Waals surface area contributed by atoms with Gasteiger partial charge in [-0.1, -0.05) is 66.0 Å². The minimum Gasteiger partial charge on any atom is -0.207 e. The SMILES string of the molecule is Fc1cc(Br)c(Cc2ccccc2Br)c(Br)c1. The molecule has 0 saturated heterocycles. The Balaban J connectivity index is 2.40. The molecule has 0 N–H and O–H groups in total. The van der Waals surface area contributed by atoms with E-state index in [1.165, 1.54) is 17.7 Å². The lowest BCUT2D eigenvalue weighted by Gasteiger charge is -2.09. The average Bonchev–Trinajstić information content (AvgIpc) is 2.25. The normalized spacial score (nSPS) is 10.6. The molecule has 0 radical (unpaired) electrons. The Hall–Kier alpha value is -0.190. The van der Waals surface area contributed by atoms with Crippen molar-refractivity contribution in [2.45, 2.75) is 6.42 Å². The van der Waals surface area contributed by atoms with Crippen molar-refractivity contribution in [2.24, 2.45) is 0 Å². The molecule has 0 aliphatic heterocycles. The number of halogens is 4. The molecule has 2 rings (SSSR count). The first kappa shape index (κ1) is 13.2. The Kier molecular flexibility index (Phi) is 4.39. The standard InChI is InChI=1S/C13H8Br3F/c14-11-4-2-1-3-8(11)5-10-12(15)6-9(17)7-13(10)16/h1-4,6-7H,5H2. The summed E-state index contributed by atoms with van der Waals surface area (Å²) < 4.78 is 15.8. The third kappa shape index (κ3) is 3.18. The minimum absolute atomic E-state index is 0.250. The summed E-state index contributed by atoms with van der Waals surface area (Å²) in [7, 11) is 0. The van der Waals surface area contributed by atoms with Crippen molar-refractivity contribution >= 4 is 47.8 Å². The molecule has 2 aromatic rings. The summed E-state index contributed by atoms with van der Waals surface area (Å²) in [6.07, 6.45) is 0.739. The summed E-state index contributed by atoms with van der Waals surface area (Å²) in [5.74, 6) is -0.250. The molecule has 0 aliphatic carbocycles. The van der Waals surface area contributed by atoms with Crippen LogP contribution >= 0.6 is 47.8 Å². The molecule has 0 fully saturated rings. The topological polar surface area (TPSA) is 0 Å². The lowest BCUT2D eigenvalue weighted by molar-refractivity contribution is 0.625. The first-order valence-corrected chi connectivity index (χ1v) is 7.32. The Morgan fingerprint density at radius 3 is 2.06 bits per heavy atom. The smallest absolute Gasteiger partial charge is 0.125 e. The van der Waals surface area contributed by atoms with Crippen LogP contribution in [0.15, 0.2) is 49.8 Å². The Morgan fingerprint density at radius 2 is 1.47 bits per heavy atom. The molecule has 0 heterocycles. The van der Waals surface area contributed by atoms with Crippen molar-refractivity contribution in [1.29, 1.82) is 0 Å². The van der Waals surface area contributed by atoms with Gasteiger partial charge in [0.05, 0.1) is 0 Å². The highest BCUT2D eigenvalue weighted by atomic mass is 79.9. The molecule has 88 valence electrons. The molecular formula is C13H8Br3F. The van der Waals surface area contributed by atoms with Crippen LogP contribution in [0, 0.1) is 5.82 Å². The molecule has 4 heteroatoms. The lowest BCUT2D eigenvalue weighted by Crippen LogP contribution is -1.93. The van der Waals surface area contributed by atoms with Crippen LogP contribution in [-0.2, 0) is 6.42 Å². The molecule has 0 aliphatic rings. The summed E-state index contributed by atoms with van der Waals surface area (Å²) in [6.45, 7) is 0. The molecule has 0 aromatic heterocycles. The summed E-state index contributed by atoms with van der Waals surface area (Å²) in [4.78, 5) is 0. The van der Waals surface area contributed by atoms with Crippen molar-refractivity contribution in [3.63, 3.8) is 0 Å². The van der Waals surface area contributed by atoms with Gasteiger partial charge in [0.15, 0.2) is 0 Å². The molecule has 2 aromatic carbocycles. The molecule has 0 bridgehead atoms. The Bertz CT molecular complexity index is 529. The van der Waals surface area contributed by atoms with Crippen molar-refractivity contribution in [1.82, 2.24) is 0 Å². The number of rotatable bonds is 2. The van der Waals surface area contributed by atoms with E-state index in [2.05, 4.69) is 47.8 Å². The maximum Gasteiger partial charge on any atom is 0.125 e. The van der Waals surface area contributed by atoms with Crippen molar-refractivity contribution in [2.75, 3.05) is 0 Å². The second-order valence-electron chi connectivity index (χ2n) is 3.62. The second kappa shape index (κ2) is 5.63. The molecular weight excluding hydrogens is 415 g/mol. The van der Waals surface area contributed by atoms with Crippen LogP contribution in [0.4, 0.5) is 4.39 Å². The van der Waals surface area contributed by atoms with E-state index in [0.717, 1.165) is 25.4 Å². The zero-order valence-corrected chi connectivity index (χ0v) is 13.4. The van der Waals surface area contributed by atoms with Gasteiger partial charge in [-0.15, -0.1) is 0 Å². The highest BCUT2D eigenvalue weighted by molar-refractivity contribution is 9.11. The fourth-order valence-corrected chi connectivity index (χ4v) is 3.41. The van der Waals surface area contributed by atoms with Gasteiger partial charge in [0.25, 0.3) is 0 Å². The van der Waals surface area contributed by atoms with E-state index in [0.29, 0.717) is 0 Å². The van der Waals surface area contributed by atoms with Gasteiger partial charge in [-0.3, -0.25) is 0 Å². The highest BCUT2D eigenvalue weighted by Gasteiger charge is 2.10. The van der Waals surface area contributed by atoms with Crippen molar-refractivity contribution < 1.29 is 4.39 Å². The molecule has 0 spiro atoms. The minimum atomic E-state index is -0.250. The van der Waals surface area contributed by atoms with Crippen molar-refractivity contribution in [3.05, 3.63) is 66.8 Å². The van der Waals surface area contributed by atoms with Gasteiger partial charge in [0.2, 0.25) is 0 Å². The molecule has 0 atom stereocenters. The van der Waals surface area contributed by atoms with E-state index in [1.807, 2.05) is 24.3 Å². The van der Waals surface area contributed by atoms with Crippen LogP contribution in [0.1, 0.15) is 11.1 Å². The zero-order chi connectivity index (χ0) is 12.4. The van der Waals surface area contributed by atoms with E-state index < -0.39 is 0 Å². The van der Waals surface area contributed by atoms with Crippen LogP contribution in [0.2, 0.25) is 0 Å². The van der Waals surface area contributed by atoms with Crippen LogP contribution < -0.4 is 0 Å². The van der Waals surface area contributed by atoms with Gasteiger partial charge >= 0.3 is 0 Å². The van der Waals surface area contributed by atoms with Crippen LogP contribution in [0.3, 0.4) is 0 Å². The van der Waals surface area contributed by atoms with E-state index in [9.17, 15) is 4.39 Å². The maximum absolute atomic E-state index is 13.2. The number of hydrogen-bond donors (Lipinski definition) is 0. The summed E-state index contributed by atoms with van der Waals surface area (Å²) >= 11 is 10.3. The van der Waals surface area contributed by atoms with Gasteiger partial charge in [0, 0.05) is 19.8 Å². The quantitative estimate of drug-likeness (QED) is 0.582. The summed E-state index contributed by atoms with van der Waals surface area (Å²) in [5, 5.41) is 0. The largest absolute Gasteiger partial charge is 0.207 e. The molecule has 0 saturated carbocycles. The van der Waals surface area contributed by atoms with Crippen LogP contribution in [0.25, 0.3) is 0 Å². The van der Waals surface area contributed by atoms with Crippen LogP contribution in [-0.4, -0.2) is 0 Å². The first-order valence-electron chi connectivity index (χ1n) is 4.95. The second-order valence-corrected chi connectivity index (χ2v) is 6.18. The third-order valence-electron chi connectivity index (χ3n) is 2.43. The van der Waals surface area contributed by atoms with Gasteiger partial charge in [-0.05, 0) is 29.3 Å². The monoisotopic (exact) mass is 420 g/mol. The fourth-order valence-electron chi connectivity index (χ4n) is 1.57. The average molecular weight is 423 g/mol. The Morgan fingerprint density at radius 1 is 0.882 bits per heavy atom. The third-order valence-corrected chi connectivity index (χ3v) is 4.62. The van der Waals surface area contributed by atoms with E-state index in [4.69, 9.17) is 0 Å². The predicted octanol–water partition coefficient (Wildman–Crippen LogP) is 5.70. The number of benzene rings is 2. The van der Waals surface area contributed by atoms with Gasteiger partial charge < -0.3 is 0 Å². The van der Waals surface area contributed by atoms with E-state index >= 15 is 0 Å². The van der Waals surface area contributed by atoms with E-state index in [1.54, 1.807) is 0 Å². The van der Waals surface area contributed by atoms with Crippen LogP contribution in [0.5, 0.6) is 0 Å². The lowest BCUT2D eigenvalue weighted by atomic mass is 10.1. The Labute approximate surface area is 125 Å². The van der Waals surface area contributed by atoms with Gasteiger partial charge in [-0.2, -0.15) is 0 Å².